The molecule has 0 saturated heterocycles. The molecule has 0 aliphatic carbocycles. The van der Waals surface area contributed by atoms with Crippen LogP contribution in [0.5, 0.6) is 0 Å². The number of carbonyl (C=O) groups is 2. The van der Waals surface area contributed by atoms with E-state index in [0.717, 1.165) is 45.2 Å². The molecule has 0 aliphatic rings. The largest absolute Gasteiger partial charge is 0.466 e. The number of unbranched alkanes of at least 4 members (excludes halogenated alkanes) is 12. The van der Waals surface area contributed by atoms with Crippen LogP contribution in [0.4, 0.5) is 0 Å². The first-order valence-electron chi connectivity index (χ1n) is 12.6. The molecule has 0 aliphatic heterocycles. The molecule has 0 unspecified atom stereocenters. The molecule has 4 heteroatoms. The molecule has 0 aromatic heterocycles. The Hall–Kier alpha value is -1.06. The van der Waals surface area contributed by atoms with Crippen LogP contribution in [-0.2, 0) is 14.3 Å². The lowest BCUT2D eigenvalue weighted by Gasteiger charge is -2.23. The van der Waals surface area contributed by atoms with Crippen LogP contribution in [0.25, 0.3) is 0 Å². The van der Waals surface area contributed by atoms with Crippen molar-refractivity contribution in [3.63, 3.8) is 0 Å². The number of rotatable bonds is 21. The maximum Gasteiger partial charge on any atom is 0.306 e. The molecule has 29 heavy (non-hydrogen) atoms. The fourth-order valence-electron chi connectivity index (χ4n) is 3.50. The molecule has 0 N–H and O–H groups in total. The maximum atomic E-state index is 12.7. The summed E-state index contributed by atoms with van der Waals surface area (Å²) in [5, 5.41) is 0. The van der Waals surface area contributed by atoms with E-state index < -0.39 is 0 Å². The van der Waals surface area contributed by atoms with Crippen LogP contribution >= 0.6 is 0 Å². The molecule has 0 atom stereocenters. The van der Waals surface area contributed by atoms with Gasteiger partial charge < -0.3 is 9.64 Å². The van der Waals surface area contributed by atoms with Gasteiger partial charge in [0.2, 0.25) is 5.91 Å². The van der Waals surface area contributed by atoms with Gasteiger partial charge in [-0.05, 0) is 19.3 Å². The van der Waals surface area contributed by atoms with Gasteiger partial charge in [-0.25, -0.2) is 0 Å². The smallest absolute Gasteiger partial charge is 0.306 e. The highest BCUT2D eigenvalue weighted by molar-refractivity contribution is 5.81. The van der Waals surface area contributed by atoms with E-state index in [2.05, 4.69) is 20.8 Å². The van der Waals surface area contributed by atoms with E-state index in [0.29, 0.717) is 6.61 Å². The quantitative estimate of drug-likeness (QED) is 0.150. The fourth-order valence-corrected chi connectivity index (χ4v) is 3.50. The van der Waals surface area contributed by atoms with E-state index in [1.54, 1.807) is 0 Å². The van der Waals surface area contributed by atoms with Gasteiger partial charge in [-0.3, -0.25) is 9.59 Å². The summed E-state index contributed by atoms with van der Waals surface area (Å²) in [5.74, 6) is -0.105. The monoisotopic (exact) mass is 411 g/mol. The van der Waals surface area contributed by atoms with Gasteiger partial charge in [0.15, 0.2) is 0 Å². The normalized spacial score (nSPS) is 10.9. The minimum Gasteiger partial charge on any atom is -0.466 e. The molecule has 0 fully saturated rings. The standard InChI is InChI=1S/C25H49NO3/c1-4-7-10-12-14-16-21-26(22-17-15-13-11-8-5-2)24(27)19-20-25(28)29-23-18-9-6-3/h4-23H2,1-3H3. The summed E-state index contributed by atoms with van der Waals surface area (Å²) in [5.41, 5.74) is 0. The van der Waals surface area contributed by atoms with Gasteiger partial charge in [0.05, 0.1) is 13.0 Å². The number of hydrogen-bond acceptors (Lipinski definition) is 3. The average Bonchev–Trinajstić information content (AvgIpc) is 2.72. The van der Waals surface area contributed by atoms with Gasteiger partial charge in [0, 0.05) is 19.5 Å². The number of ether oxygens (including phenoxy) is 1. The first-order valence-corrected chi connectivity index (χ1v) is 12.6. The van der Waals surface area contributed by atoms with E-state index in [1.807, 2.05) is 4.90 Å². The van der Waals surface area contributed by atoms with Gasteiger partial charge in [-0.2, -0.15) is 0 Å². The zero-order valence-corrected chi connectivity index (χ0v) is 19.8. The molecule has 172 valence electrons. The first kappa shape index (κ1) is 27.9. The third kappa shape index (κ3) is 18.7. The fraction of sp³-hybridized carbons (Fsp3) is 0.920. The van der Waals surface area contributed by atoms with Crippen molar-refractivity contribution in [2.45, 2.75) is 130 Å². The highest BCUT2D eigenvalue weighted by Gasteiger charge is 2.15. The van der Waals surface area contributed by atoms with Crippen LogP contribution in [0, 0.1) is 0 Å². The highest BCUT2D eigenvalue weighted by Crippen LogP contribution is 2.11. The number of amides is 1. The summed E-state index contributed by atoms with van der Waals surface area (Å²) in [6.07, 6.45) is 18.4. The summed E-state index contributed by atoms with van der Waals surface area (Å²) in [6, 6.07) is 0. The SMILES string of the molecule is CCCCCCCCN(CCCCCCCC)C(=O)CCC(=O)OCCCCC. The Labute approximate surface area is 181 Å². The molecule has 0 saturated carbocycles. The van der Waals surface area contributed by atoms with E-state index in [9.17, 15) is 9.59 Å². The molecular weight excluding hydrogens is 362 g/mol. The van der Waals surface area contributed by atoms with Gasteiger partial charge in [-0.15, -0.1) is 0 Å². The van der Waals surface area contributed by atoms with Crippen LogP contribution in [0.3, 0.4) is 0 Å². The minimum absolute atomic E-state index is 0.123. The van der Waals surface area contributed by atoms with Crippen molar-refractivity contribution in [3.8, 4) is 0 Å². The highest BCUT2D eigenvalue weighted by atomic mass is 16.5. The zero-order chi connectivity index (χ0) is 21.6. The molecule has 0 heterocycles. The Morgan fingerprint density at radius 1 is 0.586 bits per heavy atom. The predicted octanol–water partition coefficient (Wildman–Crippen LogP) is 7.05. The molecule has 4 nitrogen and oxygen atoms in total. The van der Waals surface area contributed by atoms with Crippen LogP contribution in [0.2, 0.25) is 0 Å². The number of nitrogens with zero attached hydrogens (tertiary/aromatic N) is 1. The summed E-state index contributed by atoms with van der Waals surface area (Å²) in [6.45, 7) is 8.76. The lowest BCUT2D eigenvalue weighted by atomic mass is 10.1. The summed E-state index contributed by atoms with van der Waals surface area (Å²) in [7, 11) is 0. The number of carbonyl (C=O) groups excluding carboxylic acids is 2. The van der Waals surface area contributed by atoms with Crippen molar-refractivity contribution >= 4 is 11.9 Å². The molecule has 1 amide bonds. The second-order valence-electron chi connectivity index (χ2n) is 8.34. The van der Waals surface area contributed by atoms with Crippen molar-refractivity contribution in [1.29, 1.82) is 0 Å². The minimum atomic E-state index is -0.228. The molecular formula is C25H49NO3. The predicted molar refractivity (Wildman–Crippen MR) is 123 cm³/mol. The Morgan fingerprint density at radius 2 is 1.03 bits per heavy atom. The first-order chi connectivity index (χ1) is 14.2. The van der Waals surface area contributed by atoms with Crippen molar-refractivity contribution in [1.82, 2.24) is 4.90 Å². The molecule has 0 bridgehead atoms. The van der Waals surface area contributed by atoms with Crippen LogP contribution in [-0.4, -0.2) is 36.5 Å². The number of hydrogen-bond donors (Lipinski definition) is 0. The Morgan fingerprint density at radius 3 is 1.55 bits per heavy atom. The van der Waals surface area contributed by atoms with E-state index in [4.69, 9.17) is 4.74 Å². The second-order valence-corrected chi connectivity index (χ2v) is 8.34. The van der Waals surface area contributed by atoms with E-state index in [1.165, 1.54) is 64.2 Å². The maximum absolute atomic E-state index is 12.7. The lowest BCUT2D eigenvalue weighted by Crippen LogP contribution is -2.33. The summed E-state index contributed by atoms with van der Waals surface area (Å²) < 4.78 is 5.24. The zero-order valence-electron chi connectivity index (χ0n) is 19.8. The third-order valence-corrected chi connectivity index (χ3v) is 5.47. The molecule has 0 spiro atoms. The van der Waals surface area contributed by atoms with Crippen LogP contribution in [0.1, 0.15) is 130 Å². The summed E-state index contributed by atoms with van der Waals surface area (Å²) >= 11 is 0. The van der Waals surface area contributed by atoms with Crippen molar-refractivity contribution in [2.75, 3.05) is 19.7 Å². The third-order valence-electron chi connectivity index (χ3n) is 5.47. The lowest BCUT2D eigenvalue weighted by molar-refractivity contribution is -0.146. The van der Waals surface area contributed by atoms with Gasteiger partial charge in [-0.1, -0.05) is 97.8 Å². The van der Waals surface area contributed by atoms with Crippen molar-refractivity contribution in [2.24, 2.45) is 0 Å². The Balaban J connectivity index is 4.19. The van der Waals surface area contributed by atoms with E-state index in [-0.39, 0.29) is 24.7 Å². The van der Waals surface area contributed by atoms with Gasteiger partial charge in [0.25, 0.3) is 0 Å². The van der Waals surface area contributed by atoms with E-state index >= 15 is 0 Å². The van der Waals surface area contributed by atoms with Gasteiger partial charge >= 0.3 is 5.97 Å². The van der Waals surface area contributed by atoms with Crippen LogP contribution in [0.15, 0.2) is 0 Å². The molecule has 0 aromatic rings. The Kier molecular flexibility index (Phi) is 20.9. The van der Waals surface area contributed by atoms with Gasteiger partial charge in [0.1, 0.15) is 0 Å². The average molecular weight is 412 g/mol. The molecule has 0 aromatic carbocycles. The van der Waals surface area contributed by atoms with Crippen LogP contribution < -0.4 is 0 Å². The Bertz CT molecular complexity index is 368. The number of esters is 1. The molecule has 0 rings (SSSR count). The van der Waals surface area contributed by atoms with Crippen molar-refractivity contribution < 1.29 is 14.3 Å². The van der Waals surface area contributed by atoms with Crippen molar-refractivity contribution in [3.05, 3.63) is 0 Å². The second kappa shape index (κ2) is 21.6. The summed E-state index contributed by atoms with van der Waals surface area (Å²) in [4.78, 5) is 26.5. The topological polar surface area (TPSA) is 46.6 Å². The molecule has 0 radical (unpaired) electrons.